The number of benzene rings is 2. The number of hydrogen-bond donors (Lipinski definition) is 0. The molecule has 0 bridgehead atoms. The smallest absolute Gasteiger partial charge is 0.0242 e. The number of fused-ring (bicyclic) bond motifs is 1. The van der Waals surface area contributed by atoms with E-state index >= 15 is 0 Å². The van der Waals surface area contributed by atoms with E-state index in [2.05, 4.69) is 67.4 Å². The summed E-state index contributed by atoms with van der Waals surface area (Å²) in [6.07, 6.45) is 2.41. The molecular weight excluding hydrogens is 230 g/mol. The molecule has 1 heterocycles. The van der Waals surface area contributed by atoms with Crippen LogP contribution in [0.1, 0.15) is 24.5 Å². The van der Waals surface area contributed by atoms with Crippen molar-refractivity contribution in [2.45, 2.75) is 32.4 Å². The molecule has 0 spiro atoms. The molecule has 1 aliphatic heterocycles. The average molecular weight is 251 g/mol. The third kappa shape index (κ3) is 2.31. The quantitative estimate of drug-likeness (QED) is 0.776. The first-order valence-corrected chi connectivity index (χ1v) is 7.16. The maximum Gasteiger partial charge on any atom is 0.0242 e. The van der Waals surface area contributed by atoms with Gasteiger partial charge in [0.1, 0.15) is 0 Å². The van der Waals surface area contributed by atoms with Gasteiger partial charge in [-0.3, -0.25) is 4.90 Å². The van der Waals surface area contributed by atoms with E-state index in [4.69, 9.17) is 0 Å². The monoisotopic (exact) mass is 251 g/mol. The van der Waals surface area contributed by atoms with E-state index in [-0.39, 0.29) is 0 Å². The number of hydrogen-bond acceptors (Lipinski definition) is 1. The van der Waals surface area contributed by atoms with Gasteiger partial charge >= 0.3 is 0 Å². The second kappa shape index (κ2) is 5.18. The molecule has 1 heteroatoms. The standard InChI is InChI=1S/C18H21N/c1-3-16-12-15-10-7-11-17(18(15)13-19(16)2)14-8-5-4-6-9-14/h4-11,16H,3,12-13H2,1-2H3. The Morgan fingerprint density at radius 3 is 2.58 bits per heavy atom. The van der Waals surface area contributed by atoms with E-state index in [0.29, 0.717) is 6.04 Å². The lowest BCUT2D eigenvalue weighted by Crippen LogP contribution is -2.37. The zero-order valence-electron chi connectivity index (χ0n) is 11.8. The van der Waals surface area contributed by atoms with E-state index < -0.39 is 0 Å². The van der Waals surface area contributed by atoms with Crippen LogP contribution in [0.4, 0.5) is 0 Å². The van der Waals surface area contributed by atoms with Crippen LogP contribution in [0.15, 0.2) is 48.5 Å². The molecule has 0 aliphatic carbocycles. The average Bonchev–Trinajstić information content (AvgIpc) is 2.47. The predicted octanol–water partition coefficient (Wildman–Crippen LogP) is 4.12. The third-order valence-corrected chi connectivity index (χ3v) is 4.32. The lowest BCUT2D eigenvalue weighted by Gasteiger charge is -2.34. The minimum atomic E-state index is 0.693. The molecule has 3 rings (SSSR count). The van der Waals surface area contributed by atoms with Gasteiger partial charge in [-0.25, -0.2) is 0 Å². The summed E-state index contributed by atoms with van der Waals surface area (Å²) in [5.74, 6) is 0. The van der Waals surface area contributed by atoms with Gasteiger partial charge in [-0.05, 0) is 42.1 Å². The van der Waals surface area contributed by atoms with Gasteiger partial charge in [-0.1, -0.05) is 55.5 Å². The van der Waals surface area contributed by atoms with Crippen LogP contribution in [0, 0.1) is 0 Å². The fourth-order valence-electron chi connectivity index (χ4n) is 3.14. The molecule has 0 radical (unpaired) electrons. The zero-order chi connectivity index (χ0) is 13.2. The van der Waals surface area contributed by atoms with E-state index in [1.807, 2.05) is 0 Å². The summed E-state index contributed by atoms with van der Waals surface area (Å²) < 4.78 is 0. The molecular formula is C18H21N. The molecule has 1 unspecified atom stereocenters. The Bertz CT molecular complexity index is 559. The lowest BCUT2D eigenvalue weighted by atomic mass is 9.88. The Morgan fingerprint density at radius 1 is 1.05 bits per heavy atom. The van der Waals surface area contributed by atoms with Crippen LogP contribution < -0.4 is 0 Å². The third-order valence-electron chi connectivity index (χ3n) is 4.32. The molecule has 0 N–H and O–H groups in total. The summed E-state index contributed by atoms with van der Waals surface area (Å²) in [4.78, 5) is 2.49. The molecule has 2 aromatic carbocycles. The summed E-state index contributed by atoms with van der Waals surface area (Å²) in [5, 5.41) is 0. The van der Waals surface area contributed by atoms with Crippen LogP contribution in [-0.4, -0.2) is 18.0 Å². The zero-order valence-corrected chi connectivity index (χ0v) is 11.8. The largest absolute Gasteiger partial charge is 0.299 e. The first-order chi connectivity index (χ1) is 9.29. The Kier molecular flexibility index (Phi) is 3.39. The topological polar surface area (TPSA) is 3.24 Å². The molecule has 0 amide bonds. The van der Waals surface area contributed by atoms with Crippen molar-refractivity contribution in [2.24, 2.45) is 0 Å². The van der Waals surface area contributed by atoms with Crippen molar-refractivity contribution in [3.05, 3.63) is 59.7 Å². The van der Waals surface area contributed by atoms with E-state index in [9.17, 15) is 0 Å². The van der Waals surface area contributed by atoms with Crippen molar-refractivity contribution in [1.29, 1.82) is 0 Å². The van der Waals surface area contributed by atoms with Gasteiger partial charge in [0.2, 0.25) is 0 Å². The molecule has 0 saturated carbocycles. The molecule has 1 aliphatic rings. The normalized spacial score (nSPS) is 19.2. The molecule has 0 aromatic heterocycles. The minimum Gasteiger partial charge on any atom is -0.299 e. The van der Waals surface area contributed by atoms with E-state index in [0.717, 1.165) is 6.54 Å². The molecule has 1 atom stereocenters. The van der Waals surface area contributed by atoms with Crippen LogP contribution in [-0.2, 0) is 13.0 Å². The summed E-state index contributed by atoms with van der Waals surface area (Å²) in [6, 6.07) is 18.2. The van der Waals surface area contributed by atoms with Gasteiger partial charge in [0.15, 0.2) is 0 Å². The Balaban J connectivity index is 2.06. The summed E-state index contributed by atoms with van der Waals surface area (Å²) in [5.41, 5.74) is 5.79. The van der Waals surface area contributed by atoms with Gasteiger partial charge in [-0.15, -0.1) is 0 Å². The Hall–Kier alpha value is -1.60. The van der Waals surface area contributed by atoms with Crippen LogP contribution in [0.2, 0.25) is 0 Å². The van der Waals surface area contributed by atoms with E-state index in [1.165, 1.54) is 35.1 Å². The van der Waals surface area contributed by atoms with Crippen molar-refractivity contribution >= 4 is 0 Å². The van der Waals surface area contributed by atoms with Gasteiger partial charge < -0.3 is 0 Å². The highest BCUT2D eigenvalue weighted by molar-refractivity contribution is 5.69. The number of nitrogens with zero attached hydrogens (tertiary/aromatic N) is 1. The van der Waals surface area contributed by atoms with Gasteiger partial charge in [0.25, 0.3) is 0 Å². The summed E-state index contributed by atoms with van der Waals surface area (Å²) in [6.45, 7) is 3.35. The summed E-state index contributed by atoms with van der Waals surface area (Å²) >= 11 is 0. The molecule has 1 nitrogen and oxygen atoms in total. The minimum absolute atomic E-state index is 0.693. The molecule has 0 saturated heterocycles. The number of likely N-dealkylation sites (N-methyl/N-ethyl adjacent to an activating group) is 1. The van der Waals surface area contributed by atoms with Crippen molar-refractivity contribution in [1.82, 2.24) is 4.90 Å². The molecule has 19 heavy (non-hydrogen) atoms. The fraction of sp³-hybridized carbons (Fsp3) is 0.333. The summed E-state index contributed by atoms with van der Waals surface area (Å²) in [7, 11) is 2.25. The van der Waals surface area contributed by atoms with Crippen LogP contribution in [0.5, 0.6) is 0 Å². The predicted molar refractivity (Wildman–Crippen MR) is 81.1 cm³/mol. The molecule has 2 aromatic rings. The van der Waals surface area contributed by atoms with E-state index in [1.54, 1.807) is 0 Å². The first-order valence-electron chi connectivity index (χ1n) is 7.16. The first kappa shape index (κ1) is 12.4. The Morgan fingerprint density at radius 2 is 1.84 bits per heavy atom. The second-order valence-electron chi connectivity index (χ2n) is 5.49. The van der Waals surface area contributed by atoms with Gasteiger partial charge in [0, 0.05) is 12.6 Å². The highest BCUT2D eigenvalue weighted by Crippen LogP contribution is 2.32. The van der Waals surface area contributed by atoms with Gasteiger partial charge in [-0.2, -0.15) is 0 Å². The second-order valence-corrected chi connectivity index (χ2v) is 5.49. The maximum atomic E-state index is 2.49. The lowest BCUT2D eigenvalue weighted by molar-refractivity contribution is 0.210. The van der Waals surface area contributed by atoms with Crippen molar-refractivity contribution in [2.75, 3.05) is 7.05 Å². The van der Waals surface area contributed by atoms with Crippen molar-refractivity contribution < 1.29 is 0 Å². The Labute approximate surface area is 115 Å². The van der Waals surface area contributed by atoms with Crippen LogP contribution in [0.3, 0.4) is 0 Å². The molecule has 0 fully saturated rings. The van der Waals surface area contributed by atoms with Crippen molar-refractivity contribution in [3.8, 4) is 11.1 Å². The fourth-order valence-corrected chi connectivity index (χ4v) is 3.14. The maximum absolute atomic E-state index is 2.49. The highest BCUT2D eigenvalue weighted by atomic mass is 15.1. The number of rotatable bonds is 2. The highest BCUT2D eigenvalue weighted by Gasteiger charge is 2.23. The molecule has 98 valence electrons. The SMILES string of the molecule is CCC1Cc2cccc(-c3ccccc3)c2CN1C. The van der Waals surface area contributed by atoms with Gasteiger partial charge in [0.05, 0.1) is 0 Å². The van der Waals surface area contributed by atoms with Crippen LogP contribution in [0.25, 0.3) is 11.1 Å². The van der Waals surface area contributed by atoms with Crippen LogP contribution >= 0.6 is 0 Å². The van der Waals surface area contributed by atoms with Crippen molar-refractivity contribution in [3.63, 3.8) is 0 Å².